The molecule has 0 saturated carbocycles. The average molecular weight is 617 g/mol. The van der Waals surface area contributed by atoms with E-state index in [0.29, 0.717) is 16.5 Å². The fourth-order valence-electron chi connectivity index (χ4n) is 3.95. The number of hydrogen-bond donors (Lipinski definition) is 8. The number of aromatic nitrogens is 4. The number of phosphoric acid groups is 3. The molecule has 8 N–H and O–H groups in total. The van der Waals surface area contributed by atoms with Crippen LogP contribution in [0.4, 0.5) is 5.69 Å². The van der Waals surface area contributed by atoms with E-state index < -0.39 is 59.7 Å². The van der Waals surface area contributed by atoms with Crippen LogP contribution in [0.1, 0.15) is 13.2 Å². The Labute approximate surface area is 216 Å². The molecule has 1 aliphatic rings. The van der Waals surface area contributed by atoms with Crippen molar-refractivity contribution in [2.75, 3.05) is 19.2 Å². The van der Waals surface area contributed by atoms with Gasteiger partial charge >= 0.3 is 23.5 Å². The smallest absolute Gasteiger partial charge is 0.387 e. The number of rotatable bonds is 10. The van der Waals surface area contributed by atoms with Crippen LogP contribution >= 0.6 is 23.5 Å². The summed E-state index contributed by atoms with van der Waals surface area (Å²) in [7, 11) is -15.5. The normalized spacial score (nSPS) is 27.0. The SMILES string of the molecule is CONc1cc2c(=O)[nH]ncc3nn([C@@H]4O[C@H](COP(=O)(O)OP(=O)(O)OP(=O)(O)O)[C@@H](O)[C@@]4(C)O)cc1c32. The topological polar surface area (TPSA) is 294 Å². The Morgan fingerprint density at radius 3 is 2.51 bits per heavy atom. The van der Waals surface area contributed by atoms with Crippen LogP contribution in [0.3, 0.4) is 0 Å². The Kier molecular flexibility index (Phi) is 7.94. The maximum Gasteiger partial charge on any atom is 0.490 e. The molecule has 3 heterocycles. The zero-order valence-corrected chi connectivity index (χ0v) is 22.4. The molecule has 0 bridgehead atoms. The largest absolute Gasteiger partial charge is 0.490 e. The fourth-order valence-corrected chi connectivity index (χ4v) is 6.98. The summed E-state index contributed by atoms with van der Waals surface area (Å²) in [4.78, 5) is 53.5. The van der Waals surface area contributed by atoms with Gasteiger partial charge in [0.15, 0.2) is 6.23 Å². The molecule has 0 aliphatic carbocycles. The van der Waals surface area contributed by atoms with Crippen molar-refractivity contribution in [3.63, 3.8) is 0 Å². The molecule has 39 heavy (non-hydrogen) atoms. The van der Waals surface area contributed by atoms with Crippen molar-refractivity contribution < 1.29 is 66.2 Å². The third-order valence-corrected chi connectivity index (χ3v) is 9.28. The van der Waals surface area contributed by atoms with E-state index in [-0.39, 0.29) is 10.9 Å². The lowest BCUT2D eigenvalue weighted by atomic mass is 9.97. The molecule has 6 atom stereocenters. The molecular formula is C16H22N5O15P3. The number of nitrogens with zero attached hydrogens (tertiary/aromatic N) is 3. The summed E-state index contributed by atoms with van der Waals surface area (Å²) >= 11 is 0. The van der Waals surface area contributed by atoms with Gasteiger partial charge in [0.05, 0.1) is 31.0 Å². The van der Waals surface area contributed by atoms with Crippen LogP contribution in [0.5, 0.6) is 0 Å². The number of anilines is 1. The van der Waals surface area contributed by atoms with Gasteiger partial charge in [-0.3, -0.25) is 19.6 Å². The van der Waals surface area contributed by atoms with Crippen LogP contribution in [0.2, 0.25) is 0 Å². The molecule has 0 spiro atoms. The molecule has 1 saturated heterocycles. The van der Waals surface area contributed by atoms with Gasteiger partial charge in [0.2, 0.25) is 0 Å². The maximum absolute atomic E-state index is 12.4. The van der Waals surface area contributed by atoms with E-state index in [2.05, 4.69) is 33.9 Å². The molecule has 23 heteroatoms. The number of ether oxygens (including phenoxy) is 1. The van der Waals surface area contributed by atoms with Gasteiger partial charge in [-0.2, -0.15) is 18.8 Å². The van der Waals surface area contributed by atoms with E-state index in [1.165, 1.54) is 25.6 Å². The van der Waals surface area contributed by atoms with Gasteiger partial charge in [0, 0.05) is 17.0 Å². The summed E-state index contributed by atoms with van der Waals surface area (Å²) in [5, 5.41) is 33.1. The predicted molar refractivity (Wildman–Crippen MR) is 127 cm³/mol. The monoisotopic (exact) mass is 617 g/mol. The van der Waals surface area contributed by atoms with Crippen molar-refractivity contribution in [2.24, 2.45) is 0 Å². The summed E-state index contributed by atoms with van der Waals surface area (Å²) in [6.07, 6.45) is -2.24. The van der Waals surface area contributed by atoms with Gasteiger partial charge in [-0.05, 0) is 13.0 Å². The van der Waals surface area contributed by atoms with E-state index in [1.807, 2.05) is 0 Å². The first kappa shape index (κ1) is 29.9. The maximum atomic E-state index is 12.4. The quantitative estimate of drug-likeness (QED) is 0.106. The zero-order valence-electron chi connectivity index (χ0n) is 19.7. The molecule has 1 fully saturated rings. The summed E-state index contributed by atoms with van der Waals surface area (Å²) in [5.41, 5.74) is 0.470. The molecule has 0 amide bonds. The molecule has 2 aromatic heterocycles. The Morgan fingerprint density at radius 1 is 1.18 bits per heavy atom. The number of hydrogen-bond acceptors (Lipinski definition) is 14. The van der Waals surface area contributed by atoms with E-state index in [0.717, 1.165) is 11.6 Å². The molecule has 4 rings (SSSR count). The number of aliphatic hydroxyl groups excluding tert-OH is 1. The van der Waals surface area contributed by atoms with Crippen LogP contribution in [0, 0.1) is 0 Å². The zero-order chi connectivity index (χ0) is 29.0. The molecule has 1 aliphatic heterocycles. The third kappa shape index (κ3) is 6.30. The van der Waals surface area contributed by atoms with Crippen LogP contribution in [0.25, 0.3) is 21.7 Å². The number of H-pyrrole nitrogens is 1. The molecule has 1 aromatic carbocycles. The highest BCUT2D eigenvalue weighted by Crippen LogP contribution is 2.66. The summed E-state index contributed by atoms with van der Waals surface area (Å²) in [6, 6.07) is 1.47. The Hall–Kier alpha value is -2.12. The number of aromatic amines is 1. The minimum atomic E-state index is -5.77. The first-order valence-electron chi connectivity index (χ1n) is 10.5. The summed E-state index contributed by atoms with van der Waals surface area (Å²) in [5.74, 6) is 0. The van der Waals surface area contributed by atoms with E-state index in [9.17, 15) is 38.5 Å². The van der Waals surface area contributed by atoms with E-state index >= 15 is 0 Å². The first-order chi connectivity index (χ1) is 17.9. The van der Waals surface area contributed by atoms with Crippen molar-refractivity contribution >= 4 is 50.8 Å². The fraction of sp³-hybridized carbons (Fsp3) is 0.438. The molecular weight excluding hydrogens is 595 g/mol. The van der Waals surface area contributed by atoms with Crippen molar-refractivity contribution in [3.8, 4) is 0 Å². The molecule has 0 radical (unpaired) electrons. The molecule has 3 aromatic rings. The van der Waals surface area contributed by atoms with Gasteiger partial charge in [0.1, 0.15) is 23.3 Å². The Bertz CT molecular complexity index is 1600. The second-order valence-electron chi connectivity index (χ2n) is 8.34. The minimum Gasteiger partial charge on any atom is -0.387 e. The lowest BCUT2D eigenvalue weighted by Gasteiger charge is -2.27. The highest BCUT2D eigenvalue weighted by Gasteiger charge is 2.54. The van der Waals surface area contributed by atoms with Gasteiger partial charge in [-0.25, -0.2) is 23.5 Å². The standard InChI is InChI=1S/C16H22N5O15P3/c1-16(24)13(22)11(6-33-38(28,29)36-39(30,31)35-37(25,26)27)34-15(16)21-5-8-9(20-32-2)3-7-12(8)10(19-21)4-17-18-14(7)23/h3-5,11,13,15,20,22,24H,6H2,1-2H3,(H,18,23)(H,28,29)(H,30,31)(H2,25,26,27)/t11-,13-,15-,16-/m1/s1. The molecule has 20 nitrogen and oxygen atoms in total. The molecule has 2 unspecified atom stereocenters. The van der Waals surface area contributed by atoms with Crippen LogP contribution in [0.15, 0.2) is 23.3 Å². The van der Waals surface area contributed by atoms with Crippen molar-refractivity contribution in [2.45, 2.75) is 31.0 Å². The van der Waals surface area contributed by atoms with Crippen molar-refractivity contribution in [1.82, 2.24) is 20.0 Å². The molecule has 216 valence electrons. The predicted octanol–water partition coefficient (Wildman–Crippen LogP) is -0.401. The summed E-state index contributed by atoms with van der Waals surface area (Å²) < 4.78 is 52.8. The lowest BCUT2D eigenvalue weighted by molar-refractivity contribution is -0.102. The average Bonchev–Trinajstić information content (AvgIpc) is 3.18. The van der Waals surface area contributed by atoms with Crippen LogP contribution in [-0.4, -0.2) is 81.3 Å². The van der Waals surface area contributed by atoms with Crippen molar-refractivity contribution in [3.05, 3.63) is 28.8 Å². The van der Waals surface area contributed by atoms with E-state index in [4.69, 9.17) is 19.4 Å². The Morgan fingerprint density at radius 2 is 1.87 bits per heavy atom. The lowest BCUT2D eigenvalue weighted by Crippen LogP contribution is -2.44. The van der Waals surface area contributed by atoms with Crippen LogP contribution < -0.4 is 11.0 Å². The second kappa shape index (κ2) is 10.4. The highest BCUT2D eigenvalue weighted by molar-refractivity contribution is 7.66. The number of aliphatic hydroxyl groups is 2. The summed E-state index contributed by atoms with van der Waals surface area (Å²) in [6.45, 7) is 0.137. The number of nitrogens with one attached hydrogen (secondary N) is 2. The van der Waals surface area contributed by atoms with Gasteiger partial charge < -0.3 is 34.5 Å². The van der Waals surface area contributed by atoms with Gasteiger partial charge in [-0.1, -0.05) is 0 Å². The van der Waals surface area contributed by atoms with Gasteiger partial charge in [-0.15, -0.1) is 0 Å². The first-order valence-corrected chi connectivity index (χ1v) is 15.0. The third-order valence-electron chi connectivity index (χ3n) is 5.48. The Balaban J connectivity index is 1.62. The minimum absolute atomic E-state index is 0.163. The van der Waals surface area contributed by atoms with E-state index in [1.54, 1.807) is 0 Å². The highest BCUT2D eigenvalue weighted by atomic mass is 31.3. The van der Waals surface area contributed by atoms with Crippen LogP contribution in [-0.2, 0) is 36.4 Å². The van der Waals surface area contributed by atoms with Gasteiger partial charge in [0.25, 0.3) is 5.56 Å². The van der Waals surface area contributed by atoms with Crippen molar-refractivity contribution in [1.29, 1.82) is 0 Å². The second-order valence-corrected chi connectivity index (χ2v) is 12.8. The number of phosphoric ester groups is 1.